The maximum atomic E-state index is 14.2. The lowest BCUT2D eigenvalue weighted by atomic mass is 10.0. The molecule has 17 heavy (non-hydrogen) atoms. The Labute approximate surface area is 95.0 Å². The highest BCUT2D eigenvalue weighted by molar-refractivity contribution is 5.12. The normalized spacial score (nSPS) is 32.5. The number of aromatic amines is 1. The van der Waals surface area contributed by atoms with Crippen LogP contribution in [-0.2, 0) is 4.74 Å². The SMILES string of the molecule is C=C1OC(n2ccc(=O)[nH]c2=O)[C@](C)(F)[C@@H]1O. The fourth-order valence-corrected chi connectivity index (χ4v) is 1.71. The van der Waals surface area contributed by atoms with Crippen molar-refractivity contribution in [3.8, 4) is 0 Å². The van der Waals surface area contributed by atoms with Gasteiger partial charge in [0.15, 0.2) is 5.67 Å². The van der Waals surface area contributed by atoms with Gasteiger partial charge in [-0.2, -0.15) is 0 Å². The van der Waals surface area contributed by atoms with Crippen molar-refractivity contribution in [3.05, 3.63) is 45.4 Å². The molecule has 1 aliphatic rings. The van der Waals surface area contributed by atoms with Gasteiger partial charge in [0.2, 0.25) is 6.23 Å². The summed E-state index contributed by atoms with van der Waals surface area (Å²) in [6.07, 6.45) is -1.77. The van der Waals surface area contributed by atoms with E-state index in [0.717, 1.165) is 23.8 Å². The fraction of sp³-hybridized carbons (Fsp3) is 0.400. The molecule has 0 amide bonds. The van der Waals surface area contributed by atoms with E-state index >= 15 is 0 Å². The molecule has 0 aliphatic carbocycles. The summed E-state index contributed by atoms with van der Waals surface area (Å²) in [5.74, 6) is -0.155. The summed E-state index contributed by atoms with van der Waals surface area (Å²) >= 11 is 0. The zero-order chi connectivity index (χ0) is 12.8. The molecule has 0 saturated carbocycles. The number of halogens is 1. The molecule has 2 N–H and O–H groups in total. The molecule has 0 aromatic carbocycles. The Hall–Kier alpha value is -1.89. The minimum atomic E-state index is -2.20. The number of hydrogen-bond donors (Lipinski definition) is 2. The number of nitrogens with one attached hydrogen (secondary N) is 1. The van der Waals surface area contributed by atoms with Gasteiger partial charge in [-0.3, -0.25) is 14.3 Å². The molecule has 2 heterocycles. The maximum Gasteiger partial charge on any atom is 0.331 e. The molecule has 0 spiro atoms. The number of aromatic nitrogens is 2. The summed E-state index contributed by atoms with van der Waals surface area (Å²) in [6.45, 7) is 4.45. The Kier molecular flexibility index (Phi) is 2.43. The molecule has 1 saturated heterocycles. The number of rotatable bonds is 1. The Morgan fingerprint density at radius 3 is 2.76 bits per heavy atom. The average Bonchev–Trinajstić information content (AvgIpc) is 2.43. The van der Waals surface area contributed by atoms with Crippen LogP contribution in [0.4, 0.5) is 4.39 Å². The monoisotopic (exact) mass is 242 g/mol. The minimum absolute atomic E-state index is 0.155. The summed E-state index contributed by atoms with van der Waals surface area (Å²) in [5, 5.41) is 9.52. The third kappa shape index (κ3) is 1.68. The van der Waals surface area contributed by atoms with E-state index < -0.39 is 29.2 Å². The predicted octanol–water partition coefficient (Wildman–Crippen LogP) is -0.332. The standard InChI is InChI=1S/C10H11FN2O4/c1-5-7(15)10(2,11)8(17-5)13-4-3-6(14)12-9(13)16/h3-4,7-8,15H,1H2,2H3,(H,12,14,16)/t7-,8?,10-/m1/s1. The molecule has 1 aromatic heterocycles. The van der Waals surface area contributed by atoms with Crippen molar-refractivity contribution in [1.29, 1.82) is 0 Å². The van der Waals surface area contributed by atoms with Gasteiger partial charge < -0.3 is 9.84 Å². The lowest BCUT2D eigenvalue weighted by molar-refractivity contribution is -0.0353. The number of ether oxygens (including phenoxy) is 1. The molecule has 3 atom stereocenters. The van der Waals surface area contributed by atoms with E-state index in [1.54, 1.807) is 0 Å². The smallest absolute Gasteiger partial charge is 0.331 e. The van der Waals surface area contributed by atoms with Crippen molar-refractivity contribution in [2.24, 2.45) is 0 Å². The molecule has 7 heteroatoms. The number of aliphatic hydroxyl groups is 1. The lowest BCUT2D eigenvalue weighted by Gasteiger charge is -2.23. The van der Waals surface area contributed by atoms with Crippen LogP contribution in [0, 0.1) is 0 Å². The van der Waals surface area contributed by atoms with E-state index in [1.165, 1.54) is 0 Å². The topological polar surface area (TPSA) is 84.3 Å². The molecule has 92 valence electrons. The summed E-state index contributed by atoms with van der Waals surface area (Å²) in [5.41, 5.74) is -3.60. The Morgan fingerprint density at radius 1 is 1.65 bits per heavy atom. The van der Waals surface area contributed by atoms with Crippen LogP contribution in [0.5, 0.6) is 0 Å². The van der Waals surface area contributed by atoms with Crippen LogP contribution < -0.4 is 11.2 Å². The quantitative estimate of drug-likeness (QED) is 0.706. The van der Waals surface area contributed by atoms with Gasteiger partial charge in [-0.25, -0.2) is 9.18 Å². The van der Waals surface area contributed by atoms with Gasteiger partial charge in [0.25, 0.3) is 5.56 Å². The Bertz CT molecular complexity index is 574. The summed E-state index contributed by atoms with van der Waals surface area (Å²) in [6, 6.07) is 1.06. The van der Waals surface area contributed by atoms with E-state index in [0.29, 0.717) is 0 Å². The molecule has 6 nitrogen and oxygen atoms in total. The second-order valence-electron chi connectivity index (χ2n) is 4.01. The third-order valence-electron chi connectivity index (χ3n) is 2.69. The van der Waals surface area contributed by atoms with Crippen molar-refractivity contribution in [1.82, 2.24) is 9.55 Å². The zero-order valence-corrected chi connectivity index (χ0v) is 9.01. The van der Waals surface area contributed by atoms with Crippen LogP contribution >= 0.6 is 0 Å². The molecule has 0 radical (unpaired) electrons. The predicted molar refractivity (Wildman–Crippen MR) is 56.1 cm³/mol. The maximum absolute atomic E-state index is 14.2. The zero-order valence-electron chi connectivity index (χ0n) is 9.01. The van der Waals surface area contributed by atoms with Gasteiger partial charge in [-0.15, -0.1) is 0 Å². The summed E-state index contributed by atoms with van der Waals surface area (Å²) < 4.78 is 20.1. The highest BCUT2D eigenvalue weighted by atomic mass is 19.1. The number of alkyl halides is 1. The molecule has 2 rings (SSSR count). The number of hydrogen-bond acceptors (Lipinski definition) is 4. The second-order valence-corrected chi connectivity index (χ2v) is 4.01. The van der Waals surface area contributed by atoms with E-state index in [4.69, 9.17) is 4.74 Å². The van der Waals surface area contributed by atoms with Crippen LogP contribution in [0.2, 0.25) is 0 Å². The minimum Gasteiger partial charge on any atom is -0.469 e. The van der Waals surface area contributed by atoms with Gasteiger partial charge in [0, 0.05) is 12.3 Å². The lowest BCUT2D eigenvalue weighted by Crippen LogP contribution is -2.42. The highest BCUT2D eigenvalue weighted by Gasteiger charge is 2.53. The van der Waals surface area contributed by atoms with Gasteiger partial charge >= 0.3 is 5.69 Å². The fourth-order valence-electron chi connectivity index (χ4n) is 1.71. The van der Waals surface area contributed by atoms with E-state index in [-0.39, 0.29) is 5.76 Å². The molecule has 1 aliphatic heterocycles. The van der Waals surface area contributed by atoms with Crippen molar-refractivity contribution in [3.63, 3.8) is 0 Å². The second kappa shape index (κ2) is 3.56. The number of H-pyrrole nitrogens is 1. The molecule has 1 fully saturated rings. The molecule has 0 bridgehead atoms. The summed E-state index contributed by atoms with van der Waals surface area (Å²) in [4.78, 5) is 24.3. The third-order valence-corrected chi connectivity index (χ3v) is 2.69. The first-order chi connectivity index (χ1) is 7.84. The van der Waals surface area contributed by atoms with Crippen LogP contribution in [0.25, 0.3) is 0 Å². The van der Waals surface area contributed by atoms with Crippen LogP contribution in [0.3, 0.4) is 0 Å². The van der Waals surface area contributed by atoms with Crippen molar-refractivity contribution in [2.45, 2.75) is 24.9 Å². The Morgan fingerprint density at radius 2 is 2.29 bits per heavy atom. The van der Waals surface area contributed by atoms with Gasteiger partial charge in [0.1, 0.15) is 11.9 Å². The summed E-state index contributed by atoms with van der Waals surface area (Å²) in [7, 11) is 0. The number of aliphatic hydroxyl groups excluding tert-OH is 1. The van der Waals surface area contributed by atoms with Gasteiger partial charge in [-0.05, 0) is 6.92 Å². The van der Waals surface area contributed by atoms with Crippen LogP contribution in [-0.4, -0.2) is 26.4 Å². The van der Waals surface area contributed by atoms with E-state index in [2.05, 4.69) is 6.58 Å². The van der Waals surface area contributed by atoms with Crippen LogP contribution in [0.15, 0.2) is 34.2 Å². The average molecular weight is 242 g/mol. The molecule has 1 aromatic rings. The van der Waals surface area contributed by atoms with Crippen molar-refractivity contribution < 1.29 is 14.2 Å². The highest BCUT2D eigenvalue weighted by Crippen LogP contribution is 2.41. The van der Waals surface area contributed by atoms with E-state index in [1.807, 2.05) is 4.98 Å². The first-order valence-corrected chi connectivity index (χ1v) is 4.88. The van der Waals surface area contributed by atoms with Gasteiger partial charge in [-0.1, -0.05) is 6.58 Å². The van der Waals surface area contributed by atoms with Crippen molar-refractivity contribution >= 4 is 0 Å². The first kappa shape index (κ1) is 11.6. The first-order valence-electron chi connectivity index (χ1n) is 4.88. The molecular formula is C10H11FN2O4. The largest absolute Gasteiger partial charge is 0.469 e. The number of nitrogens with zero attached hydrogens (tertiary/aromatic N) is 1. The molecule has 1 unspecified atom stereocenters. The van der Waals surface area contributed by atoms with Gasteiger partial charge in [0.05, 0.1) is 0 Å². The van der Waals surface area contributed by atoms with Crippen LogP contribution in [0.1, 0.15) is 13.2 Å². The molecular weight excluding hydrogens is 231 g/mol. The van der Waals surface area contributed by atoms with Crippen molar-refractivity contribution in [2.75, 3.05) is 0 Å². The Balaban J connectivity index is 2.52. The van der Waals surface area contributed by atoms with E-state index in [9.17, 15) is 19.1 Å².